The summed E-state index contributed by atoms with van der Waals surface area (Å²) in [6.45, 7) is 10.1. The molecule has 2 fully saturated rings. The Bertz CT molecular complexity index is 251. The molecule has 16 heavy (non-hydrogen) atoms. The van der Waals surface area contributed by atoms with Crippen LogP contribution in [-0.2, 0) is 4.79 Å². The predicted molar refractivity (Wildman–Crippen MR) is 64.2 cm³/mol. The molecule has 2 heterocycles. The molecule has 0 radical (unpaired) electrons. The lowest BCUT2D eigenvalue weighted by Gasteiger charge is -2.31. The second-order valence-electron chi connectivity index (χ2n) is 5.47. The van der Waals surface area contributed by atoms with Crippen molar-refractivity contribution in [2.45, 2.75) is 32.9 Å². The molecule has 4 atom stereocenters. The SMILES string of the molecule is CC1CNC(C(=O)N2CC(C)C(C)C2)CN1. The zero-order chi connectivity index (χ0) is 11.7. The molecule has 4 unspecified atom stereocenters. The van der Waals surface area contributed by atoms with E-state index in [0.717, 1.165) is 26.2 Å². The Morgan fingerprint density at radius 2 is 1.69 bits per heavy atom. The lowest BCUT2D eigenvalue weighted by molar-refractivity contribution is -0.132. The molecule has 2 aliphatic rings. The third-order valence-corrected chi connectivity index (χ3v) is 3.94. The number of hydrogen-bond acceptors (Lipinski definition) is 3. The van der Waals surface area contributed by atoms with E-state index >= 15 is 0 Å². The molecule has 0 aromatic heterocycles. The lowest BCUT2D eigenvalue weighted by atomic mass is 10.0. The Labute approximate surface area is 97.8 Å². The van der Waals surface area contributed by atoms with Gasteiger partial charge in [-0.15, -0.1) is 0 Å². The van der Waals surface area contributed by atoms with E-state index in [4.69, 9.17) is 0 Å². The maximum atomic E-state index is 12.2. The fourth-order valence-electron chi connectivity index (χ4n) is 2.49. The largest absolute Gasteiger partial charge is 0.341 e. The highest BCUT2D eigenvalue weighted by Gasteiger charge is 2.34. The number of carbonyl (C=O) groups excluding carboxylic acids is 1. The van der Waals surface area contributed by atoms with E-state index < -0.39 is 0 Å². The Kier molecular flexibility index (Phi) is 3.50. The molecule has 0 aromatic rings. The second kappa shape index (κ2) is 4.72. The van der Waals surface area contributed by atoms with Crippen LogP contribution in [0.4, 0.5) is 0 Å². The summed E-state index contributed by atoms with van der Waals surface area (Å²) >= 11 is 0. The number of hydrogen-bond donors (Lipinski definition) is 2. The molecule has 0 saturated carbocycles. The molecule has 0 aliphatic carbocycles. The van der Waals surface area contributed by atoms with E-state index in [1.165, 1.54) is 0 Å². The number of amides is 1. The van der Waals surface area contributed by atoms with Crippen LogP contribution in [0, 0.1) is 11.8 Å². The molecule has 4 nitrogen and oxygen atoms in total. The summed E-state index contributed by atoms with van der Waals surface area (Å²) in [5.41, 5.74) is 0. The zero-order valence-corrected chi connectivity index (χ0v) is 10.5. The number of carbonyl (C=O) groups is 1. The zero-order valence-electron chi connectivity index (χ0n) is 10.5. The van der Waals surface area contributed by atoms with Gasteiger partial charge in [-0.3, -0.25) is 4.79 Å². The van der Waals surface area contributed by atoms with E-state index in [0.29, 0.717) is 17.9 Å². The fraction of sp³-hybridized carbons (Fsp3) is 0.917. The van der Waals surface area contributed by atoms with E-state index in [2.05, 4.69) is 31.4 Å². The van der Waals surface area contributed by atoms with Crippen LogP contribution in [-0.4, -0.2) is 49.1 Å². The summed E-state index contributed by atoms with van der Waals surface area (Å²) in [6, 6.07) is 0.453. The average molecular weight is 225 g/mol. The highest BCUT2D eigenvalue weighted by atomic mass is 16.2. The number of nitrogens with one attached hydrogen (secondary N) is 2. The van der Waals surface area contributed by atoms with Gasteiger partial charge >= 0.3 is 0 Å². The Morgan fingerprint density at radius 3 is 2.19 bits per heavy atom. The minimum Gasteiger partial charge on any atom is -0.341 e. The summed E-state index contributed by atoms with van der Waals surface area (Å²) in [5, 5.41) is 6.67. The number of piperazine rings is 1. The number of nitrogens with zero attached hydrogens (tertiary/aromatic N) is 1. The summed E-state index contributed by atoms with van der Waals surface area (Å²) < 4.78 is 0. The standard InChI is InChI=1S/C12H23N3O/c1-8-6-15(7-9(8)2)12(16)11-5-13-10(3)4-14-11/h8-11,13-14H,4-7H2,1-3H3. The fourth-order valence-corrected chi connectivity index (χ4v) is 2.49. The first-order valence-corrected chi connectivity index (χ1v) is 6.33. The smallest absolute Gasteiger partial charge is 0.241 e. The van der Waals surface area contributed by atoms with E-state index in [-0.39, 0.29) is 11.9 Å². The van der Waals surface area contributed by atoms with Crippen molar-refractivity contribution in [2.75, 3.05) is 26.2 Å². The van der Waals surface area contributed by atoms with Crippen LogP contribution in [0.5, 0.6) is 0 Å². The monoisotopic (exact) mass is 225 g/mol. The van der Waals surface area contributed by atoms with Crippen molar-refractivity contribution in [3.8, 4) is 0 Å². The minimum absolute atomic E-state index is 0.0197. The Morgan fingerprint density at radius 1 is 1.06 bits per heavy atom. The summed E-state index contributed by atoms with van der Waals surface area (Å²) in [5.74, 6) is 1.55. The molecule has 4 heteroatoms. The molecule has 1 amide bonds. The van der Waals surface area contributed by atoms with Gasteiger partial charge in [0.1, 0.15) is 0 Å². The van der Waals surface area contributed by atoms with Crippen LogP contribution in [0.15, 0.2) is 0 Å². The third kappa shape index (κ3) is 2.38. The van der Waals surface area contributed by atoms with E-state index in [9.17, 15) is 4.79 Å². The van der Waals surface area contributed by atoms with Gasteiger partial charge < -0.3 is 15.5 Å². The average Bonchev–Trinajstić information content (AvgIpc) is 2.59. The topological polar surface area (TPSA) is 44.4 Å². The number of rotatable bonds is 1. The molecule has 2 N–H and O–H groups in total. The number of likely N-dealkylation sites (tertiary alicyclic amines) is 1. The van der Waals surface area contributed by atoms with Crippen LogP contribution in [0.1, 0.15) is 20.8 Å². The van der Waals surface area contributed by atoms with Gasteiger partial charge in [-0.05, 0) is 18.8 Å². The molecule has 2 aliphatic heterocycles. The van der Waals surface area contributed by atoms with Crippen molar-refractivity contribution >= 4 is 5.91 Å². The quantitative estimate of drug-likeness (QED) is 0.663. The molecule has 0 spiro atoms. The van der Waals surface area contributed by atoms with Gasteiger partial charge in [0, 0.05) is 32.2 Å². The molecule has 0 aromatic carbocycles. The molecule has 2 saturated heterocycles. The minimum atomic E-state index is -0.0197. The third-order valence-electron chi connectivity index (χ3n) is 3.94. The Hall–Kier alpha value is -0.610. The maximum Gasteiger partial charge on any atom is 0.241 e. The van der Waals surface area contributed by atoms with E-state index in [1.54, 1.807) is 0 Å². The second-order valence-corrected chi connectivity index (χ2v) is 5.47. The lowest BCUT2D eigenvalue weighted by Crippen LogP contribution is -2.59. The van der Waals surface area contributed by atoms with Crippen LogP contribution >= 0.6 is 0 Å². The predicted octanol–water partition coefficient (Wildman–Crippen LogP) is 0.0507. The summed E-state index contributed by atoms with van der Waals surface area (Å²) in [4.78, 5) is 14.2. The van der Waals surface area contributed by atoms with E-state index in [1.807, 2.05) is 4.90 Å². The van der Waals surface area contributed by atoms with Gasteiger partial charge in [-0.1, -0.05) is 13.8 Å². The van der Waals surface area contributed by atoms with Crippen molar-refractivity contribution < 1.29 is 4.79 Å². The van der Waals surface area contributed by atoms with Gasteiger partial charge in [0.2, 0.25) is 5.91 Å². The van der Waals surface area contributed by atoms with Crippen LogP contribution in [0.3, 0.4) is 0 Å². The molecular weight excluding hydrogens is 202 g/mol. The first-order valence-electron chi connectivity index (χ1n) is 6.33. The normalized spacial score (nSPS) is 40.1. The molecule has 0 bridgehead atoms. The van der Waals surface area contributed by atoms with Gasteiger partial charge in [-0.2, -0.15) is 0 Å². The summed E-state index contributed by atoms with van der Waals surface area (Å²) in [7, 11) is 0. The van der Waals surface area contributed by atoms with Gasteiger partial charge in [0.05, 0.1) is 6.04 Å². The first kappa shape index (κ1) is 11.9. The van der Waals surface area contributed by atoms with Crippen LogP contribution < -0.4 is 10.6 Å². The molecule has 2 rings (SSSR count). The Balaban J connectivity index is 1.88. The molecule has 92 valence electrons. The van der Waals surface area contributed by atoms with Gasteiger partial charge in [-0.25, -0.2) is 0 Å². The van der Waals surface area contributed by atoms with Crippen LogP contribution in [0.25, 0.3) is 0 Å². The van der Waals surface area contributed by atoms with Gasteiger partial charge in [0.25, 0.3) is 0 Å². The van der Waals surface area contributed by atoms with Crippen molar-refractivity contribution in [1.82, 2.24) is 15.5 Å². The summed E-state index contributed by atoms with van der Waals surface area (Å²) in [6.07, 6.45) is 0. The van der Waals surface area contributed by atoms with Crippen molar-refractivity contribution in [1.29, 1.82) is 0 Å². The molecular formula is C12H23N3O. The highest BCUT2D eigenvalue weighted by molar-refractivity contribution is 5.82. The van der Waals surface area contributed by atoms with Crippen LogP contribution in [0.2, 0.25) is 0 Å². The van der Waals surface area contributed by atoms with Crippen molar-refractivity contribution in [3.05, 3.63) is 0 Å². The van der Waals surface area contributed by atoms with Gasteiger partial charge in [0.15, 0.2) is 0 Å². The first-order chi connectivity index (χ1) is 7.58. The van der Waals surface area contributed by atoms with Crippen molar-refractivity contribution in [2.24, 2.45) is 11.8 Å². The maximum absolute atomic E-state index is 12.2. The highest BCUT2D eigenvalue weighted by Crippen LogP contribution is 2.22. The van der Waals surface area contributed by atoms with Crippen molar-refractivity contribution in [3.63, 3.8) is 0 Å².